The quantitative estimate of drug-likeness (QED) is 0.909. The largest absolute Gasteiger partial charge is 0.393 e. The molecule has 112 valence electrons. The van der Waals surface area contributed by atoms with Gasteiger partial charge in [-0.3, -0.25) is 10.00 Å². The van der Waals surface area contributed by atoms with E-state index in [1.54, 1.807) is 18.3 Å². The van der Waals surface area contributed by atoms with Crippen LogP contribution in [0.5, 0.6) is 0 Å². The molecule has 4 nitrogen and oxygen atoms in total. The maximum Gasteiger partial charge on any atom is 0.132 e. The van der Waals surface area contributed by atoms with E-state index in [1.807, 2.05) is 13.0 Å². The molecule has 1 aromatic carbocycles. The third-order valence-electron chi connectivity index (χ3n) is 4.25. The molecule has 0 saturated carbocycles. The summed E-state index contributed by atoms with van der Waals surface area (Å²) >= 11 is 0. The summed E-state index contributed by atoms with van der Waals surface area (Å²) < 4.78 is 13.9. The highest BCUT2D eigenvalue weighted by Gasteiger charge is 2.26. The van der Waals surface area contributed by atoms with Gasteiger partial charge in [0.15, 0.2) is 0 Å². The first-order valence-electron chi connectivity index (χ1n) is 7.32. The minimum Gasteiger partial charge on any atom is -0.393 e. The molecule has 2 atom stereocenters. The van der Waals surface area contributed by atoms with Crippen LogP contribution in [0, 0.1) is 11.7 Å². The molecule has 0 amide bonds. The number of nitrogens with zero attached hydrogens (tertiary/aromatic N) is 2. The minimum absolute atomic E-state index is 0.244. The van der Waals surface area contributed by atoms with Crippen LogP contribution in [0.4, 0.5) is 4.39 Å². The molecule has 0 radical (unpaired) electrons. The Labute approximate surface area is 123 Å². The molecule has 2 heterocycles. The fourth-order valence-electron chi connectivity index (χ4n) is 2.97. The number of rotatable bonds is 4. The zero-order valence-electron chi connectivity index (χ0n) is 12.1. The lowest BCUT2D eigenvalue weighted by atomic mass is 10.0. The van der Waals surface area contributed by atoms with Crippen molar-refractivity contribution in [3.63, 3.8) is 0 Å². The summed E-state index contributed by atoms with van der Waals surface area (Å²) in [5.74, 6) is 0.0834. The lowest BCUT2D eigenvalue weighted by Gasteiger charge is -2.17. The fraction of sp³-hybridized carbons (Fsp3) is 0.438. The number of hydrogen-bond acceptors (Lipinski definition) is 3. The number of aromatic amines is 1. The van der Waals surface area contributed by atoms with Gasteiger partial charge in [-0.25, -0.2) is 4.39 Å². The van der Waals surface area contributed by atoms with E-state index in [0.717, 1.165) is 37.3 Å². The fourth-order valence-corrected chi connectivity index (χ4v) is 2.97. The summed E-state index contributed by atoms with van der Waals surface area (Å²) in [6.07, 6.45) is 2.49. The summed E-state index contributed by atoms with van der Waals surface area (Å²) in [6, 6.07) is 6.72. The Morgan fingerprint density at radius 1 is 1.48 bits per heavy atom. The molecular weight excluding hydrogens is 269 g/mol. The topological polar surface area (TPSA) is 52.1 Å². The number of likely N-dealkylation sites (tertiary alicyclic amines) is 1. The van der Waals surface area contributed by atoms with Crippen molar-refractivity contribution in [1.29, 1.82) is 0 Å². The summed E-state index contributed by atoms with van der Waals surface area (Å²) in [5.41, 5.74) is 2.29. The molecule has 5 heteroatoms. The normalized spacial score (nSPS) is 20.8. The maximum absolute atomic E-state index is 13.9. The molecule has 1 fully saturated rings. The lowest BCUT2D eigenvalue weighted by Crippen LogP contribution is -2.24. The van der Waals surface area contributed by atoms with Gasteiger partial charge in [-0.15, -0.1) is 0 Å². The molecule has 1 saturated heterocycles. The zero-order chi connectivity index (χ0) is 14.8. The first-order valence-corrected chi connectivity index (χ1v) is 7.32. The summed E-state index contributed by atoms with van der Waals surface area (Å²) in [6.45, 7) is 4.40. The van der Waals surface area contributed by atoms with Crippen LogP contribution in [-0.4, -0.2) is 39.4 Å². The Morgan fingerprint density at radius 3 is 3.00 bits per heavy atom. The second-order valence-electron chi connectivity index (χ2n) is 5.77. The average molecular weight is 289 g/mol. The number of H-pyrrole nitrogens is 1. The standard InChI is InChI=1S/C16H20FN3O/c1-11(21)12-6-7-20(9-12)10-13-8-18-19-16(13)14-4-2-3-5-15(14)17/h2-5,8,11-12,21H,6-7,9-10H2,1H3,(H,18,19). The number of aliphatic hydroxyl groups excluding tert-OH is 1. The van der Waals surface area contributed by atoms with Crippen molar-refractivity contribution >= 4 is 0 Å². The first kappa shape index (κ1) is 14.2. The second kappa shape index (κ2) is 5.95. The van der Waals surface area contributed by atoms with Gasteiger partial charge in [-0.1, -0.05) is 12.1 Å². The van der Waals surface area contributed by atoms with Gasteiger partial charge in [-0.05, 0) is 37.9 Å². The van der Waals surface area contributed by atoms with Gasteiger partial charge in [0.1, 0.15) is 5.82 Å². The highest BCUT2D eigenvalue weighted by atomic mass is 19.1. The molecule has 1 aliphatic heterocycles. The molecular formula is C16H20FN3O. The highest BCUT2D eigenvalue weighted by Crippen LogP contribution is 2.27. The van der Waals surface area contributed by atoms with Gasteiger partial charge in [0.25, 0.3) is 0 Å². The van der Waals surface area contributed by atoms with Crippen molar-refractivity contribution in [3.05, 3.63) is 41.8 Å². The minimum atomic E-state index is -0.273. The molecule has 0 bridgehead atoms. The number of halogens is 1. The van der Waals surface area contributed by atoms with Crippen LogP contribution in [0.1, 0.15) is 18.9 Å². The van der Waals surface area contributed by atoms with Crippen molar-refractivity contribution in [2.75, 3.05) is 13.1 Å². The van der Waals surface area contributed by atoms with Crippen molar-refractivity contribution in [2.45, 2.75) is 26.0 Å². The van der Waals surface area contributed by atoms with Crippen molar-refractivity contribution in [3.8, 4) is 11.3 Å². The number of benzene rings is 1. The summed E-state index contributed by atoms with van der Waals surface area (Å²) in [4.78, 5) is 2.28. The Morgan fingerprint density at radius 2 is 2.29 bits per heavy atom. The van der Waals surface area contributed by atoms with Crippen LogP contribution in [0.3, 0.4) is 0 Å². The third kappa shape index (κ3) is 2.99. The number of hydrogen-bond donors (Lipinski definition) is 2. The van der Waals surface area contributed by atoms with Crippen LogP contribution < -0.4 is 0 Å². The Bertz CT molecular complexity index is 611. The predicted octanol–water partition coefficient (Wildman–Crippen LogP) is 2.42. The highest BCUT2D eigenvalue weighted by molar-refractivity contribution is 5.63. The van der Waals surface area contributed by atoms with E-state index in [0.29, 0.717) is 11.5 Å². The molecule has 1 aliphatic rings. The van der Waals surface area contributed by atoms with Gasteiger partial charge >= 0.3 is 0 Å². The molecule has 21 heavy (non-hydrogen) atoms. The summed E-state index contributed by atoms with van der Waals surface area (Å²) in [5, 5.41) is 16.6. The molecule has 2 aromatic rings. The van der Waals surface area contributed by atoms with E-state index in [2.05, 4.69) is 15.1 Å². The van der Waals surface area contributed by atoms with Gasteiger partial charge in [0.2, 0.25) is 0 Å². The van der Waals surface area contributed by atoms with Crippen LogP contribution in [0.2, 0.25) is 0 Å². The molecule has 0 aliphatic carbocycles. The van der Waals surface area contributed by atoms with Crippen LogP contribution in [0.15, 0.2) is 30.5 Å². The first-order chi connectivity index (χ1) is 10.1. The zero-order valence-corrected chi connectivity index (χ0v) is 12.1. The predicted molar refractivity (Wildman–Crippen MR) is 79.0 cm³/mol. The molecule has 2 N–H and O–H groups in total. The Hall–Kier alpha value is -1.72. The van der Waals surface area contributed by atoms with Crippen molar-refractivity contribution < 1.29 is 9.50 Å². The second-order valence-corrected chi connectivity index (χ2v) is 5.77. The van der Waals surface area contributed by atoms with Crippen LogP contribution >= 0.6 is 0 Å². The van der Waals surface area contributed by atoms with Gasteiger partial charge < -0.3 is 5.11 Å². The number of aliphatic hydroxyl groups is 1. The maximum atomic E-state index is 13.9. The smallest absolute Gasteiger partial charge is 0.132 e. The number of nitrogens with one attached hydrogen (secondary N) is 1. The Kier molecular flexibility index (Phi) is 4.03. The molecule has 3 rings (SSSR count). The van der Waals surface area contributed by atoms with Crippen LogP contribution in [0.25, 0.3) is 11.3 Å². The number of aromatic nitrogens is 2. The molecule has 2 unspecified atom stereocenters. The average Bonchev–Trinajstić information content (AvgIpc) is 3.09. The lowest BCUT2D eigenvalue weighted by molar-refractivity contribution is 0.127. The van der Waals surface area contributed by atoms with Gasteiger partial charge in [-0.2, -0.15) is 5.10 Å². The third-order valence-corrected chi connectivity index (χ3v) is 4.25. The van der Waals surface area contributed by atoms with Crippen LogP contribution in [-0.2, 0) is 6.54 Å². The Balaban J connectivity index is 1.77. The SMILES string of the molecule is CC(O)C1CCN(Cc2cn[nH]c2-c2ccccc2F)C1. The van der Waals surface area contributed by atoms with E-state index in [9.17, 15) is 9.50 Å². The van der Waals surface area contributed by atoms with E-state index in [1.165, 1.54) is 6.07 Å². The van der Waals surface area contributed by atoms with E-state index >= 15 is 0 Å². The van der Waals surface area contributed by atoms with Gasteiger partial charge in [0, 0.05) is 24.2 Å². The van der Waals surface area contributed by atoms with Gasteiger partial charge in [0.05, 0.1) is 18.0 Å². The summed E-state index contributed by atoms with van der Waals surface area (Å²) in [7, 11) is 0. The van der Waals surface area contributed by atoms with Crippen molar-refractivity contribution in [2.24, 2.45) is 5.92 Å². The van der Waals surface area contributed by atoms with E-state index in [4.69, 9.17) is 0 Å². The van der Waals surface area contributed by atoms with Crippen molar-refractivity contribution in [1.82, 2.24) is 15.1 Å². The van der Waals surface area contributed by atoms with E-state index < -0.39 is 0 Å². The molecule has 1 aromatic heterocycles. The molecule has 0 spiro atoms. The van der Waals surface area contributed by atoms with E-state index in [-0.39, 0.29) is 11.9 Å². The monoisotopic (exact) mass is 289 g/mol.